The van der Waals surface area contributed by atoms with Crippen molar-refractivity contribution >= 4 is 50.1 Å². The van der Waals surface area contributed by atoms with Crippen molar-refractivity contribution in [3.05, 3.63) is 194 Å². The van der Waals surface area contributed by atoms with Crippen LogP contribution in [0.4, 0.5) is 17.1 Å². The van der Waals surface area contributed by atoms with Crippen LogP contribution in [0.1, 0.15) is 0 Å². The van der Waals surface area contributed by atoms with E-state index in [4.69, 9.17) is 8.83 Å². The molecule has 0 fully saturated rings. The maximum absolute atomic E-state index is 6.52. The average molecular weight is 681 g/mol. The third kappa shape index (κ3) is 5.73. The van der Waals surface area contributed by atoms with E-state index in [-0.39, 0.29) is 0 Å². The van der Waals surface area contributed by atoms with E-state index in [9.17, 15) is 0 Å². The summed E-state index contributed by atoms with van der Waals surface area (Å²) in [6.45, 7) is 0. The fourth-order valence-electron chi connectivity index (χ4n) is 7.20. The van der Waals surface area contributed by atoms with Gasteiger partial charge in [-0.05, 0) is 106 Å². The zero-order valence-corrected chi connectivity index (χ0v) is 28.7. The van der Waals surface area contributed by atoms with E-state index in [1.807, 2.05) is 36.4 Å². The molecule has 0 atom stereocenters. The molecule has 250 valence electrons. The predicted octanol–water partition coefficient (Wildman–Crippen LogP) is 13.9. The molecule has 0 saturated heterocycles. The summed E-state index contributed by atoms with van der Waals surface area (Å²) >= 11 is 0. The van der Waals surface area contributed by atoms with Crippen molar-refractivity contribution in [1.82, 2.24) is 4.98 Å². The number of para-hydroxylation sites is 2. The highest BCUT2D eigenvalue weighted by Crippen LogP contribution is 2.40. The van der Waals surface area contributed by atoms with E-state index in [2.05, 4.69) is 168 Å². The van der Waals surface area contributed by atoms with Crippen molar-refractivity contribution in [2.45, 2.75) is 0 Å². The largest absolute Gasteiger partial charge is 0.456 e. The first-order valence-corrected chi connectivity index (χ1v) is 17.8. The van der Waals surface area contributed by atoms with E-state index in [1.165, 1.54) is 22.3 Å². The van der Waals surface area contributed by atoms with Crippen LogP contribution in [0.2, 0.25) is 0 Å². The van der Waals surface area contributed by atoms with Gasteiger partial charge in [-0.1, -0.05) is 115 Å². The lowest BCUT2D eigenvalue weighted by Crippen LogP contribution is -2.09. The Hall–Kier alpha value is -7.17. The maximum atomic E-state index is 6.52. The molecule has 0 amide bonds. The Morgan fingerprint density at radius 2 is 0.830 bits per heavy atom. The molecule has 10 rings (SSSR count). The molecule has 2 aromatic heterocycles. The van der Waals surface area contributed by atoms with Crippen LogP contribution in [0.3, 0.4) is 0 Å². The van der Waals surface area contributed by atoms with Gasteiger partial charge in [0.05, 0.1) is 0 Å². The van der Waals surface area contributed by atoms with Gasteiger partial charge in [-0.15, -0.1) is 0 Å². The second kappa shape index (κ2) is 12.9. The Bertz CT molecular complexity index is 2740. The molecule has 0 aliphatic rings. The van der Waals surface area contributed by atoms with Crippen molar-refractivity contribution in [2.75, 3.05) is 4.90 Å². The molecule has 0 unspecified atom stereocenters. The third-order valence-corrected chi connectivity index (χ3v) is 9.94. The Kier molecular flexibility index (Phi) is 7.43. The van der Waals surface area contributed by atoms with Crippen molar-refractivity contribution < 1.29 is 8.83 Å². The summed E-state index contributed by atoms with van der Waals surface area (Å²) in [6, 6.07) is 67.7. The molecule has 4 nitrogen and oxygen atoms in total. The molecule has 0 aliphatic carbocycles. The quantitative estimate of drug-likeness (QED) is 0.168. The monoisotopic (exact) mass is 680 g/mol. The summed E-state index contributed by atoms with van der Waals surface area (Å²) < 4.78 is 12.5. The SMILES string of the molecule is c1ccc(-c2ccc(N(c3ccc(-c4ccccc4)cc3)c3ccc4c(c3)oc3ccc(-c5ccc(-c6nc7ccccc7o6)cc5)cc34)cc2)cc1. The van der Waals surface area contributed by atoms with Gasteiger partial charge in [0.25, 0.3) is 0 Å². The lowest BCUT2D eigenvalue weighted by molar-refractivity contribution is 0.620. The van der Waals surface area contributed by atoms with Crippen LogP contribution >= 0.6 is 0 Å². The van der Waals surface area contributed by atoms with Crippen molar-refractivity contribution in [2.24, 2.45) is 0 Å². The molecule has 53 heavy (non-hydrogen) atoms. The lowest BCUT2D eigenvalue weighted by atomic mass is 10.0. The van der Waals surface area contributed by atoms with Crippen LogP contribution in [-0.2, 0) is 0 Å². The third-order valence-electron chi connectivity index (χ3n) is 9.94. The molecule has 0 radical (unpaired) electrons. The number of hydrogen-bond donors (Lipinski definition) is 0. The normalized spacial score (nSPS) is 11.4. The molecule has 0 aliphatic heterocycles. The molecular weight excluding hydrogens is 649 g/mol. The summed E-state index contributed by atoms with van der Waals surface area (Å²) in [6.07, 6.45) is 0. The topological polar surface area (TPSA) is 42.4 Å². The highest BCUT2D eigenvalue weighted by atomic mass is 16.3. The van der Waals surface area contributed by atoms with Gasteiger partial charge in [-0.3, -0.25) is 0 Å². The first kappa shape index (κ1) is 30.6. The summed E-state index contributed by atoms with van der Waals surface area (Å²) in [5.74, 6) is 0.623. The Labute approximate surface area is 306 Å². The number of fused-ring (bicyclic) bond motifs is 4. The second-order valence-corrected chi connectivity index (χ2v) is 13.2. The first-order chi connectivity index (χ1) is 26.2. The van der Waals surface area contributed by atoms with Crippen LogP contribution in [0.15, 0.2) is 203 Å². The summed E-state index contributed by atoms with van der Waals surface area (Å²) in [5.41, 5.74) is 14.4. The van der Waals surface area contributed by atoms with Crippen LogP contribution in [0.25, 0.3) is 77.9 Å². The first-order valence-electron chi connectivity index (χ1n) is 17.8. The van der Waals surface area contributed by atoms with Gasteiger partial charge >= 0.3 is 0 Å². The van der Waals surface area contributed by atoms with Crippen LogP contribution in [0, 0.1) is 0 Å². The van der Waals surface area contributed by atoms with Gasteiger partial charge in [-0.2, -0.15) is 0 Å². The van der Waals surface area contributed by atoms with Crippen molar-refractivity contribution in [3.8, 4) is 44.8 Å². The average Bonchev–Trinajstić information content (AvgIpc) is 3.84. The second-order valence-electron chi connectivity index (χ2n) is 13.2. The van der Waals surface area contributed by atoms with E-state index >= 15 is 0 Å². The molecule has 0 spiro atoms. The number of anilines is 3. The zero-order valence-electron chi connectivity index (χ0n) is 28.7. The smallest absolute Gasteiger partial charge is 0.227 e. The van der Waals surface area contributed by atoms with Gasteiger partial charge in [0.2, 0.25) is 5.89 Å². The van der Waals surface area contributed by atoms with Crippen molar-refractivity contribution in [3.63, 3.8) is 0 Å². The van der Waals surface area contributed by atoms with Gasteiger partial charge < -0.3 is 13.7 Å². The van der Waals surface area contributed by atoms with E-state index < -0.39 is 0 Å². The lowest BCUT2D eigenvalue weighted by Gasteiger charge is -2.26. The maximum Gasteiger partial charge on any atom is 0.227 e. The number of benzene rings is 8. The van der Waals surface area contributed by atoms with E-state index in [0.717, 1.165) is 66.8 Å². The highest BCUT2D eigenvalue weighted by molar-refractivity contribution is 6.07. The number of aromatic nitrogens is 1. The van der Waals surface area contributed by atoms with Gasteiger partial charge in [-0.25, -0.2) is 4.98 Å². The van der Waals surface area contributed by atoms with Crippen LogP contribution in [0.5, 0.6) is 0 Å². The molecule has 0 bridgehead atoms. The number of furan rings is 1. The highest BCUT2D eigenvalue weighted by Gasteiger charge is 2.17. The van der Waals surface area contributed by atoms with Crippen LogP contribution in [-0.4, -0.2) is 4.98 Å². The number of oxazole rings is 1. The van der Waals surface area contributed by atoms with E-state index in [0.29, 0.717) is 5.89 Å². The molecule has 2 heterocycles. The molecule has 0 saturated carbocycles. The predicted molar refractivity (Wildman–Crippen MR) is 218 cm³/mol. The minimum atomic E-state index is 0.623. The van der Waals surface area contributed by atoms with Crippen molar-refractivity contribution in [1.29, 1.82) is 0 Å². The number of nitrogens with zero attached hydrogens (tertiary/aromatic N) is 2. The number of hydrogen-bond acceptors (Lipinski definition) is 4. The Balaban J connectivity index is 1.01. The minimum Gasteiger partial charge on any atom is -0.456 e. The molecule has 10 aromatic rings. The molecule has 0 N–H and O–H groups in total. The Morgan fingerprint density at radius 1 is 0.321 bits per heavy atom. The van der Waals surface area contributed by atoms with E-state index in [1.54, 1.807) is 0 Å². The molecule has 8 aromatic carbocycles. The van der Waals surface area contributed by atoms with Gasteiger partial charge in [0, 0.05) is 39.5 Å². The zero-order chi connectivity index (χ0) is 35.1. The molecular formula is C49H32N2O2. The summed E-state index contributed by atoms with van der Waals surface area (Å²) in [7, 11) is 0. The standard InChI is InChI=1S/C49H32N2O2/c1-3-9-33(10-4-1)35-19-24-40(25-20-35)51(41-26-21-36(22-27-41)34-11-5-2-6-12-34)42-28-29-43-44-31-39(23-30-46(44)52-48(43)32-42)37-15-17-38(18-16-37)49-50-45-13-7-8-14-47(45)53-49/h1-32H. The summed E-state index contributed by atoms with van der Waals surface area (Å²) in [4.78, 5) is 6.95. The minimum absolute atomic E-state index is 0.623. The van der Waals surface area contributed by atoms with Crippen LogP contribution < -0.4 is 4.90 Å². The van der Waals surface area contributed by atoms with Gasteiger partial charge in [0.15, 0.2) is 5.58 Å². The van der Waals surface area contributed by atoms with Gasteiger partial charge in [0.1, 0.15) is 16.7 Å². The number of rotatable bonds is 7. The fraction of sp³-hybridized carbons (Fsp3) is 0. The Morgan fingerprint density at radius 3 is 1.47 bits per heavy atom. The summed E-state index contributed by atoms with van der Waals surface area (Å²) in [5, 5.41) is 2.16. The fourth-order valence-corrected chi connectivity index (χ4v) is 7.20. The molecule has 4 heteroatoms.